The van der Waals surface area contributed by atoms with Crippen molar-refractivity contribution in [3.05, 3.63) is 243 Å². The molecule has 2 heteroatoms. The third-order valence-corrected chi connectivity index (χ3v) is 12.6. The standard InChI is InChI=1S/C60H40N2/c1-2-15-42(16-3-1)49-19-4-5-20-50(49)45-17-14-18-46(39-45)51-38-33-44(41-29-34-47(35-30-41)61-57-25-10-6-21-52(57)53-22-7-11-26-58(53)61)40-56(51)43-31-36-48(37-32-43)62-59-27-12-8-23-54(59)55-24-9-13-28-60(55)62/h1-40H. The predicted octanol–water partition coefficient (Wildman–Crippen LogP) is 16.2. The van der Waals surface area contributed by atoms with E-state index in [0.29, 0.717) is 0 Å². The molecule has 0 bridgehead atoms. The largest absolute Gasteiger partial charge is 0.309 e. The molecule has 12 aromatic rings. The summed E-state index contributed by atoms with van der Waals surface area (Å²) < 4.78 is 4.77. The van der Waals surface area contributed by atoms with Gasteiger partial charge in [0, 0.05) is 32.9 Å². The maximum Gasteiger partial charge on any atom is 0.0541 e. The molecule has 0 aliphatic heterocycles. The fourth-order valence-electron chi connectivity index (χ4n) is 9.67. The molecule has 0 saturated carbocycles. The maximum absolute atomic E-state index is 2.39. The van der Waals surface area contributed by atoms with E-state index in [9.17, 15) is 0 Å². The second-order valence-electron chi connectivity index (χ2n) is 16.1. The van der Waals surface area contributed by atoms with Crippen LogP contribution in [0, 0.1) is 0 Å². The number of nitrogens with zero attached hydrogens (tertiary/aromatic N) is 2. The SMILES string of the molecule is c1ccc(-c2ccccc2-c2cccc(-c3ccc(-c4ccc(-n5c6ccccc6c6ccccc65)cc4)cc3-c3ccc(-n4c5ccccc5c5ccccc54)cc3)c2)cc1. The molecule has 290 valence electrons. The number of benzene rings is 10. The van der Waals surface area contributed by atoms with Crippen LogP contribution in [-0.2, 0) is 0 Å². The molecule has 0 aliphatic carbocycles. The van der Waals surface area contributed by atoms with Crippen molar-refractivity contribution >= 4 is 43.6 Å². The Bertz CT molecular complexity index is 3500. The Balaban J connectivity index is 0.987. The normalized spacial score (nSPS) is 11.5. The first kappa shape index (κ1) is 35.7. The predicted molar refractivity (Wildman–Crippen MR) is 262 cm³/mol. The van der Waals surface area contributed by atoms with E-state index in [1.54, 1.807) is 0 Å². The Hall–Kier alpha value is -8.20. The van der Waals surface area contributed by atoms with Crippen molar-refractivity contribution in [3.63, 3.8) is 0 Å². The summed E-state index contributed by atoms with van der Waals surface area (Å²) in [6, 6.07) is 88.4. The van der Waals surface area contributed by atoms with Crippen LogP contribution in [0.2, 0.25) is 0 Å². The average Bonchev–Trinajstić information content (AvgIpc) is 3.87. The van der Waals surface area contributed by atoms with E-state index in [1.807, 2.05) is 0 Å². The lowest BCUT2D eigenvalue weighted by atomic mass is 9.88. The third-order valence-electron chi connectivity index (χ3n) is 12.6. The summed E-state index contributed by atoms with van der Waals surface area (Å²) in [5.41, 5.74) is 19.1. The highest BCUT2D eigenvalue weighted by Gasteiger charge is 2.16. The van der Waals surface area contributed by atoms with Crippen LogP contribution in [-0.4, -0.2) is 9.13 Å². The van der Waals surface area contributed by atoms with Crippen molar-refractivity contribution < 1.29 is 0 Å². The second kappa shape index (κ2) is 14.8. The maximum atomic E-state index is 2.39. The van der Waals surface area contributed by atoms with Crippen LogP contribution in [0.1, 0.15) is 0 Å². The topological polar surface area (TPSA) is 9.86 Å². The first-order chi connectivity index (χ1) is 30.8. The van der Waals surface area contributed by atoms with Crippen molar-refractivity contribution in [2.45, 2.75) is 0 Å². The van der Waals surface area contributed by atoms with Crippen molar-refractivity contribution in [2.24, 2.45) is 0 Å². The summed E-state index contributed by atoms with van der Waals surface area (Å²) in [5, 5.41) is 5.06. The van der Waals surface area contributed by atoms with E-state index in [0.717, 1.165) is 11.4 Å². The van der Waals surface area contributed by atoms with Crippen LogP contribution in [0.4, 0.5) is 0 Å². The Morgan fingerprint density at radius 1 is 0.194 bits per heavy atom. The average molecular weight is 789 g/mol. The number of hydrogen-bond donors (Lipinski definition) is 0. The number of fused-ring (bicyclic) bond motifs is 6. The van der Waals surface area contributed by atoms with Gasteiger partial charge in [0.05, 0.1) is 22.1 Å². The number of hydrogen-bond acceptors (Lipinski definition) is 0. The van der Waals surface area contributed by atoms with Gasteiger partial charge in [-0.3, -0.25) is 0 Å². The zero-order valence-corrected chi connectivity index (χ0v) is 34.0. The molecule has 2 nitrogen and oxygen atoms in total. The minimum atomic E-state index is 1.14. The molecule has 0 atom stereocenters. The molecule has 12 rings (SSSR count). The van der Waals surface area contributed by atoms with Crippen molar-refractivity contribution in [1.82, 2.24) is 9.13 Å². The quantitative estimate of drug-likeness (QED) is 0.152. The molecule has 2 aromatic heterocycles. The van der Waals surface area contributed by atoms with Gasteiger partial charge in [-0.05, 0) is 116 Å². The number of aromatic nitrogens is 2. The monoisotopic (exact) mass is 788 g/mol. The first-order valence-corrected chi connectivity index (χ1v) is 21.3. The highest BCUT2D eigenvalue weighted by molar-refractivity contribution is 6.10. The van der Waals surface area contributed by atoms with E-state index in [2.05, 4.69) is 252 Å². The molecule has 0 N–H and O–H groups in total. The van der Waals surface area contributed by atoms with Crippen LogP contribution in [0.15, 0.2) is 243 Å². The van der Waals surface area contributed by atoms with Crippen LogP contribution < -0.4 is 0 Å². The zero-order chi connectivity index (χ0) is 41.0. The number of para-hydroxylation sites is 4. The summed E-state index contributed by atoms with van der Waals surface area (Å²) in [6.07, 6.45) is 0. The molecular weight excluding hydrogens is 749 g/mol. The molecular formula is C60H40N2. The third kappa shape index (κ3) is 5.96. The highest BCUT2D eigenvalue weighted by Crippen LogP contribution is 2.41. The lowest BCUT2D eigenvalue weighted by Gasteiger charge is -2.16. The molecule has 10 aromatic carbocycles. The fourth-order valence-corrected chi connectivity index (χ4v) is 9.67. The Labute approximate surface area is 360 Å². The molecule has 0 aliphatic rings. The first-order valence-electron chi connectivity index (χ1n) is 21.3. The van der Waals surface area contributed by atoms with Gasteiger partial charge in [-0.2, -0.15) is 0 Å². The van der Waals surface area contributed by atoms with Gasteiger partial charge in [0.15, 0.2) is 0 Å². The van der Waals surface area contributed by atoms with Gasteiger partial charge >= 0.3 is 0 Å². The lowest BCUT2D eigenvalue weighted by molar-refractivity contribution is 1.18. The molecule has 2 heterocycles. The summed E-state index contributed by atoms with van der Waals surface area (Å²) in [5.74, 6) is 0. The second-order valence-corrected chi connectivity index (χ2v) is 16.1. The van der Waals surface area contributed by atoms with Gasteiger partial charge < -0.3 is 9.13 Å². The van der Waals surface area contributed by atoms with Crippen LogP contribution in [0.25, 0.3) is 111 Å². The smallest absolute Gasteiger partial charge is 0.0541 e. The van der Waals surface area contributed by atoms with Gasteiger partial charge in [0.2, 0.25) is 0 Å². The van der Waals surface area contributed by atoms with Crippen molar-refractivity contribution in [3.8, 4) is 67.0 Å². The van der Waals surface area contributed by atoms with Gasteiger partial charge in [-0.1, -0.05) is 182 Å². The summed E-state index contributed by atoms with van der Waals surface area (Å²) in [7, 11) is 0. The van der Waals surface area contributed by atoms with Crippen molar-refractivity contribution in [2.75, 3.05) is 0 Å². The fraction of sp³-hybridized carbons (Fsp3) is 0. The van der Waals surface area contributed by atoms with Crippen LogP contribution >= 0.6 is 0 Å². The number of rotatable bonds is 7. The van der Waals surface area contributed by atoms with Gasteiger partial charge in [0.25, 0.3) is 0 Å². The molecule has 0 fully saturated rings. The zero-order valence-electron chi connectivity index (χ0n) is 34.0. The van der Waals surface area contributed by atoms with Crippen LogP contribution in [0.5, 0.6) is 0 Å². The Kier molecular flexibility index (Phi) is 8.53. The summed E-state index contributed by atoms with van der Waals surface area (Å²) >= 11 is 0. The molecule has 0 unspecified atom stereocenters. The van der Waals surface area contributed by atoms with E-state index in [1.165, 1.54) is 99.2 Å². The minimum absolute atomic E-state index is 1.14. The minimum Gasteiger partial charge on any atom is -0.309 e. The van der Waals surface area contributed by atoms with Crippen LogP contribution in [0.3, 0.4) is 0 Å². The van der Waals surface area contributed by atoms with E-state index in [-0.39, 0.29) is 0 Å². The summed E-state index contributed by atoms with van der Waals surface area (Å²) in [6.45, 7) is 0. The Morgan fingerprint density at radius 2 is 0.548 bits per heavy atom. The Morgan fingerprint density at radius 3 is 1.05 bits per heavy atom. The molecule has 0 spiro atoms. The molecule has 0 amide bonds. The molecule has 0 radical (unpaired) electrons. The van der Waals surface area contributed by atoms with E-state index >= 15 is 0 Å². The van der Waals surface area contributed by atoms with E-state index in [4.69, 9.17) is 0 Å². The van der Waals surface area contributed by atoms with Gasteiger partial charge in [-0.25, -0.2) is 0 Å². The van der Waals surface area contributed by atoms with E-state index < -0.39 is 0 Å². The summed E-state index contributed by atoms with van der Waals surface area (Å²) in [4.78, 5) is 0. The van der Waals surface area contributed by atoms with Gasteiger partial charge in [0.1, 0.15) is 0 Å². The highest BCUT2D eigenvalue weighted by atomic mass is 15.0. The molecule has 62 heavy (non-hydrogen) atoms. The van der Waals surface area contributed by atoms with Gasteiger partial charge in [-0.15, -0.1) is 0 Å². The lowest BCUT2D eigenvalue weighted by Crippen LogP contribution is -1.95. The van der Waals surface area contributed by atoms with Crippen molar-refractivity contribution in [1.29, 1.82) is 0 Å². The molecule has 0 saturated heterocycles.